The maximum atomic E-state index is 12.9. The highest BCUT2D eigenvalue weighted by Crippen LogP contribution is 2.36. The summed E-state index contributed by atoms with van der Waals surface area (Å²) >= 11 is 11.4. The largest absolute Gasteiger partial charge is 0.494 e. The van der Waals surface area contributed by atoms with Crippen LogP contribution in [0.3, 0.4) is 0 Å². The molecule has 0 spiro atoms. The molecule has 2 aromatic carbocycles. The summed E-state index contributed by atoms with van der Waals surface area (Å²) in [6.45, 7) is 3.33. The summed E-state index contributed by atoms with van der Waals surface area (Å²) in [7, 11) is 0. The van der Waals surface area contributed by atoms with E-state index >= 15 is 0 Å². The van der Waals surface area contributed by atoms with E-state index in [-0.39, 0.29) is 23.3 Å². The van der Waals surface area contributed by atoms with Gasteiger partial charge in [0.25, 0.3) is 5.91 Å². The molecule has 3 rings (SSSR count). The molecule has 180 valence electrons. The van der Waals surface area contributed by atoms with Crippen LogP contribution in [0.1, 0.15) is 18.4 Å². The summed E-state index contributed by atoms with van der Waals surface area (Å²) in [6, 6.07) is 10.4. The smallest absolute Gasteiger partial charge is 0.417 e. The van der Waals surface area contributed by atoms with Crippen molar-refractivity contribution in [1.29, 1.82) is 0 Å². The molecule has 0 aliphatic carbocycles. The van der Waals surface area contributed by atoms with Crippen molar-refractivity contribution in [2.75, 3.05) is 39.4 Å². The van der Waals surface area contributed by atoms with Gasteiger partial charge in [0.1, 0.15) is 11.5 Å². The van der Waals surface area contributed by atoms with Gasteiger partial charge in [0.2, 0.25) is 0 Å². The molecule has 10 heteroatoms. The predicted octanol–water partition coefficient (Wildman–Crippen LogP) is 5.30. The Labute approximate surface area is 200 Å². The molecular weight excluding hydrogens is 480 g/mol. The molecule has 5 nitrogen and oxygen atoms in total. The second kappa shape index (κ2) is 11.8. The third-order valence-electron chi connectivity index (χ3n) is 5.27. The molecule has 1 fully saturated rings. The highest BCUT2D eigenvalue weighted by molar-refractivity contribution is 6.31. The molecule has 33 heavy (non-hydrogen) atoms. The van der Waals surface area contributed by atoms with Crippen LogP contribution in [-0.2, 0) is 11.0 Å². The molecule has 1 heterocycles. The van der Waals surface area contributed by atoms with Gasteiger partial charge >= 0.3 is 6.18 Å². The number of hydrogen-bond acceptors (Lipinski definition) is 4. The lowest BCUT2D eigenvalue weighted by atomic mass is 10.1. The number of alkyl halides is 3. The number of rotatable bonds is 10. The molecule has 1 atom stereocenters. The Morgan fingerprint density at radius 3 is 2.55 bits per heavy atom. The molecule has 2 aromatic rings. The fourth-order valence-corrected chi connectivity index (χ4v) is 3.91. The molecule has 1 amide bonds. The zero-order chi connectivity index (χ0) is 23.8. The number of nitrogens with one attached hydrogen (secondary N) is 1. The minimum absolute atomic E-state index is 0.0594. The van der Waals surface area contributed by atoms with Crippen LogP contribution in [0.25, 0.3) is 0 Å². The molecule has 1 N–H and O–H groups in total. The lowest BCUT2D eigenvalue weighted by Crippen LogP contribution is -2.34. The van der Waals surface area contributed by atoms with E-state index in [1.807, 2.05) is 0 Å². The monoisotopic (exact) mass is 504 g/mol. The van der Waals surface area contributed by atoms with Crippen molar-refractivity contribution < 1.29 is 27.4 Å². The standard InChI is InChI=1S/C23H25Cl2F3N2O3/c24-17-2-4-18(5-3-17)33-15-22(31)29-13-16-8-10-30(14-16)9-1-11-32-19-6-7-21(25)20(12-19)23(26,27)28/h2-7,12,16H,1,8-11,13-15H2,(H,29,31). The van der Waals surface area contributed by atoms with Gasteiger partial charge in [0.05, 0.1) is 17.2 Å². The number of amides is 1. The summed E-state index contributed by atoms with van der Waals surface area (Å²) in [5, 5.41) is 3.15. The maximum absolute atomic E-state index is 12.9. The number of halogens is 5. The van der Waals surface area contributed by atoms with Crippen molar-refractivity contribution in [3.63, 3.8) is 0 Å². The topological polar surface area (TPSA) is 50.8 Å². The zero-order valence-corrected chi connectivity index (χ0v) is 19.3. The van der Waals surface area contributed by atoms with E-state index < -0.39 is 11.7 Å². The lowest BCUT2D eigenvalue weighted by Gasteiger charge is -2.17. The Balaban J connectivity index is 1.30. The highest BCUT2D eigenvalue weighted by Gasteiger charge is 2.33. The van der Waals surface area contributed by atoms with Gasteiger partial charge in [-0.1, -0.05) is 23.2 Å². The van der Waals surface area contributed by atoms with Crippen molar-refractivity contribution in [2.45, 2.75) is 19.0 Å². The molecule has 1 aliphatic rings. The molecule has 0 radical (unpaired) electrons. The molecule has 1 unspecified atom stereocenters. The third-order valence-corrected chi connectivity index (χ3v) is 5.85. The minimum Gasteiger partial charge on any atom is -0.494 e. The fourth-order valence-electron chi connectivity index (χ4n) is 3.56. The van der Waals surface area contributed by atoms with Gasteiger partial charge in [-0.05, 0) is 67.8 Å². The quantitative estimate of drug-likeness (QED) is 0.446. The maximum Gasteiger partial charge on any atom is 0.417 e. The molecule has 0 saturated carbocycles. The molecule has 0 aromatic heterocycles. The number of carbonyl (C=O) groups is 1. The van der Waals surface area contributed by atoms with Crippen LogP contribution in [0.4, 0.5) is 13.2 Å². The van der Waals surface area contributed by atoms with E-state index in [0.29, 0.717) is 36.3 Å². The van der Waals surface area contributed by atoms with Gasteiger partial charge in [0.15, 0.2) is 6.61 Å². The Kier molecular flexibility index (Phi) is 9.11. The van der Waals surface area contributed by atoms with Crippen molar-refractivity contribution in [3.05, 3.63) is 58.1 Å². The van der Waals surface area contributed by atoms with Crippen LogP contribution in [0, 0.1) is 5.92 Å². The number of hydrogen-bond donors (Lipinski definition) is 1. The Morgan fingerprint density at radius 2 is 1.82 bits per heavy atom. The fraction of sp³-hybridized carbons (Fsp3) is 0.435. The lowest BCUT2D eigenvalue weighted by molar-refractivity contribution is -0.137. The van der Waals surface area contributed by atoms with E-state index in [4.69, 9.17) is 32.7 Å². The third kappa shape index (κ3) is 8.28. The summed E-state index contributed by atoms with van der Waals surface area (Å²) < 4.78 is 49.7. The van der Waals surface area contributed by atoms with Crippen molar-refractivity contribution in [3.8, 4) is 11.5 Å². The first kappa shape index (κ1) is 25.5. The summed E-state index contributed by atoms with van der Waals surface area (Å²) in [6.07, 6.45) is -2.87. The van der Waals surface area contributed by atoms with Crippen molar-refractivity contribution in [1.82, 2.24) is 10.2 Å². The first-order chi connectivity index (χ1) is 15.7. The first-order valence-corrected chi connectivity index (χ1v) is 11.3. The van der Waals surface area contributed by atoms with E-state index in [1.165, 1.54) is 12.1 Å². The second-order valence-electron chi connectivity index (χ2n) is 7.84. The Morgan fingerprint density at radius 1 is 1.09 bits per heavy atom. The van der Waals surface area contributed by atoms with Crippen LogP contribution in [0.2, 0.25) is 10.0 Å². The molecular formula is C23H25Cl2F3N2O3. The van der Waals surface area contributed by atoms with Crippen molar-refractivity contribution in [2.24, 2.45) is 5.92 Å². The van der Waals surface area contributed by atoms with Crippen LogP contribution >= 0.6 is 23.2 Å². The van der Waals surface area contributed by atoms with E-state index in [1.54, 1.807) is 24.3 Å². The van der Waals surface area contributed by atoms with Gasteiger partial charge in [-0.15, -0.1) is 0 Å². The highest BCUT2D eigenvalue weighted by atomic mass is 35.5. The summed E-state index contributed by atoms with van der Waals surface area (Å²) in [4.78, 5) is 14.3. The Bertz CT molecular complexity index is 926. The van der Waals surface area contributed by atoms with Gasteiger partial charge in [-0.3, -0.25) is 4.79 Å². The van der Waals surface area contributed by atoms with E-state index in [2.05, 4.69) is 10.2 Å². The summed E-state index contributed by atoms with van der Waals surface area (Å²) in [5.41, 5.74) is -0.898. The molecule has 0 bridgehead atoms. The SMILES string of the molecule is O=C(COc1ccc(Cl)cc1)NCC1CCN(CCCOc2ccc(Cl)c(C(F)(F)F)c2)C1. The van der Waals surface area contributed by atoms with Gasteiger partial charge < -0.3 is 19.7 Å². The molecule has 1 saturated heterocycles. The number of carbonyl (C=O) groups excluding carboxylic acids is 1. The van der Waals surface area contributed by atoms with Crippen LogP contribution in [0.5, 0.6) is 11.5 Å². The van der Waals surface area contributed by atoms with E-state index in [9.17, 15) is 18.0 Å². The Hall–Kier alpha value is -2.16. The zero-order valence-electron chi connectivity index (χ0n) is 17.8. The van der Waals surface area contributed by atoms with E-state index in [0.717, 1.165) is 32.1 Å². The second-order valence-corrected chi connectivity index (χ2v) is 8.69. The molecule has 1 aliphatic heterocycles. The number of ether oxygens (including phenoxy) is 2. The predicted molar refractivity (Wildman–Crippen MR) is 121 cm³/mol. The van der Waals surface area contributed by atoms with Crippen LogP contribution < -0.4 is 14.8 Å². The number of benzene rings is 2. The van der Waals surface area contributed by atoms with Crippen LogP contribution in [0.15, 0.2) is 42.5 Å². The first-order valence-electron chi connectivity index (χ1n) is 10.6. The van der Waals surface area contributed by atoms with Crippen molar-refractivity contribution >= 4 is 29.1 Å². The number of nitrogens with zero attached hydrogens (tertiary/aromatic N) is 1. The normalized spacial score (nSPS) is 16.6. The average Bonchev–Trinajstić information content (AvgIpc) is 3.23. The van der Waals surface area contributed by atoms with Crippen LogP contribution in [-0.4, -0.2) is 50.2 Å². The van der Waals surface area contributed by atoms with Gasteiger partial charge in [0, 0.05) is 24.7 Å². The summed E-state index contributed by atoms with van der Waals surface area (Å²) in [5.74, 6) is 0.889. The number of likely N-dealkylation sites (tertiary alicyclic amines) is 1. The van der Waals surface area contributed by atoms with Gasteiger partial charge in [-0.25, -0.2) is 0 Å². The minimum atomic E-state index is -4.52. The average molecular weight is 505 g/mol. The van der Waals surface area contributed by atoms with Gasteiger partial charge in [-0.2, -0.15) is 13.2 Å².